The first-order valence-corrected chi connectivity index (χ1v) is 13.3. The number of phenolic OH excluding ortho intramolecular Hbond substituents is 1. The summed E-state index contributed by atoms with van der Waals surface area (Å²) in [5.41, 5.74) is 9.25. The molecule has 9 nitrogen and oxygen atoms in total. The van der Waals surface area contributed by atoms with Crippen molar-refractivity contribution in [2.75, 3.05) is 18.6 Å². The highest BCUT2D eigenvalue weighted by molar-refractivity contribution is 7.92. The van der Waals surface area contributed by atoms with Crippen LogP contribution in [-0.4, -0.2) is 42.1 Å². The quantitative estimate of drug-likeness (QED) is 0.305. The number of ketones is 1. The molecule has 0 aliphatic heterocycles. The molecule has 0 unspecified atom stereocenters. The van der Waals surface area contributed by atoms with E-state index in [1.165, 1.54) is 37.4 Å². The van der Waals surface area contributed by atoms with Gasteiger partial charge < -0.3 is 20.3 Å². The summed E-state index contributed by atoms with van der Waals surface area (Å²) in [6.07, 6.45) is 0. The SMILES string of the molecule is COc1ccc(-c2ccc(C(=O)CS(=O)(=O)c3cccc(N)n3)c(Oc3c(C)cc(C)cc3C)n2)cc1O. The van der Waals surface area contributed by atoms with E-state index in [0.717, 1.165) is 16.7 Å². The van der Waals surface area contributed by atoms with E-state index in [1.807, 2.05) is 32.9 Å². The van der Waals surface area contributed by atoms with Gasteiger partial charge in [0.25, 0.3) is 0 Å². The number of anilines is 1. The first-order chi connectivity index (χ1) is 18.0. The molecular weight excluding hydrogens is 506 g/mol. The molecule has 3 N–H and O–H groups in total. The van der Waals surface area contributed by atoms with Gasteiger partial charge in [0.15, 0.2) is 22.3 Å². The zero-order valence-electron chi connectivity index (χ0n) is 21.3. The van der Waals surface area contributed by atoms with E-state index in [-0.39, 0.29) is 28.0 Å². The Morgan fingerprint density at radius 3 is 2.32 bits per heavy atom. The molecule has 0 aliphatic carbocycles. The molecule has 196 valence electrons. The molecule has 4 rings (SSSR count). The highest BCUT2D eigenvalue weighted by Crippen LogP contribution is 2.35. The number of sulfone groups is 1. The molecule has 2 heterocycles. The number of hydrogen-bond acceptors (Lipinski definition) is 9. The van der Waals surface area contributed by atoms with Crippen LogP contribution in [0.15, 0.2) is 65.7 Å². The number of carbonyl (C=O) groups is 1. The average Bonchev–Trinajstić information content (AvgIpc) is 2.85. The van der Waals surface area contributed by atoms with Crippen molar-refractivity contribution in [1.82, 2.24) is 9.97 Å². The number of ether oxygens (including phenoxy) is 2. The first kappa shape index (κ1) is 26.6. The molecule has 2 aromatic heterocycles. The Bertz CT molecular complexity index is 1630. The minimum atomic E-state index is -4.09. The van der Waals surface area contributed by atoms with Crippen LogP contribution in [0.1, 0.15) is 27.0 Å². The molecule has 38 heavy (non-hydrogen) atoms. The van der Waals surface area contributed by atoms with E-state index in [4.69, 9.17) is 15.2 Å². The van der Waals surface area contributed by atoms with Gasteiger partial charge in [-0.05, 0) is 74.4 Å². The number of methoxy groups -OCH3 is 1. The van der Waals surface area contributed by atoms with Crippen molar-refractivity contribution in [3.8, 4) is 34.4 Å². The van der Waals surface area contributed by atoms with Crippen molar-refractivity contribution in [3.63, 3.8) is 0 Å². The number of nitrogen functional groups attached to an aromatic ring is 1. The van der Waals surface area contributed by atoms with Gasteiger partial charge in [0, 0.05) is 5.56 Å². The normalized spacial score (nSPS) is 11.3. The van der Waals surface area contributed by atoms with Crippen LogP contribution in [0.5, 0.6) is 23.1 Å². The third-order valence-electron chi connectivity index (χ3n) is 5.82. The maximum atomic E-state index is 13.3. The summed E-state index contributed by atoms with van der Waals surface area (Å²) < 4.78 is 37.1. The second-order valence-electron chi connectivity index (χ2n) is 8.85. The molecule has 0 aliphatic rings. The molecule has 0 fully saturated rings. The van der Waals surface area contributed by atoms with Crippen LogP contribution in [0.4, 0.5) is 5.82 Å². The molecule has 0 atom stereocenters. The van der Waals surface area contributed by atoms with Crippen molar-refractivity contribution in [2.24, 2.45) is 0 Å². The summed E-state index contributed by atoms with van der Waals surface area (Å²) in [5.74, 6) is -0.884. The summed E-state index contributed by atoms with van der Waals surface area (Å²) in [6.45, 7) is 5.71. The van der Waals surface area contributed by atoms with Gasteiger partial charge in [-0.2, -0.15) is 0 Å². The standard InChI is InChI=1S/C28H27N3O6S/c1-16-12-17(2)27(18(3)13-16)37-28-20(23(33)15-38(34,35)26-7-5-6-25(29)31-26)9-10-21(30-28)19-8-11-24(36-4)22(32)14-19/h5-14,32H,15H2,1-4H3,(H2,29,31). The number of Topliss-reactive ketones (excluding diaryl/α,β-unsaturated/α-hetero) is 1. The van der Waals surface area contributed by atoms with Crippen molar-refractivity contribution >= 4 is 21.4 Å². The van der Waals surface area contributed by atoms with Gasteiger partial charge in [-0.3, -0.25) is 4.79 Å². The first-order valence-electron chi connectivity index (χ1n) is 11.6. The third kappa shape index (κ3) is 5.60. The van der Waals surface area contributed by atoms with E-state index < -0.39 is 21.4 Å². The van der Waals surface area contributed by atoms with Crippen LogP contribution in [0.25, 0.3) is 11.3 Å². The smallest absolute Gasteiger partial charge is 0.230 e. The van der Waals surface area contributed by atoms with E-state index in [0.29, 0.717) is 22.8 Å². The molecule has 2 aromatic carbocycles. The van der Waals surface area contributed by atoms with Crippen LogP contribution in [0, 0.1) is 20.8 Å². The average molecular weight is 534 g/mol. The van der Waals surface area contributed by atoms with E-state index in [9.17, 15) is 18.3 Å². The van der Waals surface area contributed by atoms with Crippen molar-refractivity contribution < 1.29 is 27.8 Å². The number of pyridine rings is 2. The zero-order valence-corrected chi connectivity index (χ0v) is 22.2. The van der Waals surface area contributed by atoms with Crippen LogP contribution in [-0.2, 0) is 9.84 Å². The minimum Gasteiger partial charge on any atom is -0.504 e. The van der Waals surface area contributed by atoms with Crippen LogP contribution < -0.4 is 15.2 Å². The molecule has 0 bridgehead atoms. The number of carbonyl (C=O) groups excluding carboxylic acids is 1. The maximum absolute atomic E-state index is 13.3. The van der Waals surface area contributed by atoms with Gasteiger partial charge in [0.1, 0.15) is 17.3 Å². The van der Waals surface area contributed by atoms with Crippen molar-refractivity contribution in [2.45, 2.75) is 25.8 Å². The topological polar surface area (TPSA) is 142 Å². The third-order valence-corrected chi connectivity index (χ3v) is 7.33. The number of nitrogens with zero attached hydrogens (tertiary/aromatic N) is 2. The molecule has 4 aromatic rings. The molecule has 0 amide bonds. The summed E-state index contributed by atoms with van der Waals surface area (Å²) in [6, 6.07) is 15.9. The Morgan fingerprint density at radius 1 is 0.974 bits per heavy atom. The predicted molar refractivity (Wildman–Crippen MR) is 144 cm³/mol. The number of aromatic hydroxyl groups is 1. The fourth-order valence-corrected chi connectivity index (χ4v) is 5.27. The second kappa shape index (κ2) is 10.5. The highest BCUT2D eigenvalue weighted by Gasteiger charge is 2.26. The van der Waals surface area contributed by atoms with Gasteiger partial charge >= 0.3 is 0 Å². The van der Waals surface area contributed by atoms with E-state index in [1.54, 1.807) is 18.2 Å². The molecule has 0 radical (unpaired) electrons. The van der Waals surface area contributed by atoms with E-state index in [2.05, 4.69) is 9.97 Å². The zero-order chi connectivity index (χ0) is 27.6. The number of benzene rings is 2. The van der Waals surface area contributed by atoms with Crippen LogP contribution >= 0.6 is 0 Å². The summed E-state index contributed by atoms with van der Waals surface area (Å²) in [5, 5.41) is 9.94. The number of aryl methyl sites for hydroxylation is 3. The largest absolute Gasteiger partial charge is 0.504 e. The lowest BCUT2D eigenvalue weighted by molar-refractivity contribution is 0.101. The highest BCUT2D eigenvalue weighted by atomic mass is 32.2. The molecule has 0 saturated heterocycles. The fraction of sp³-hybridized carbons (Fsp3) is 0.179. The molecule has 0 spiro atoms. The molecular formula is C28H27N3O6S. The predicted octanol–water partition coefficient (Wildman–Crippen LogP) is 4.81. The second-order valence-corrected chi connectivity index (χ2v) is 10.8. The number of nitrogens with two attached hydrogens (primary N) is 1. The molecule has 0 saturated carbocycles. The Labute approximate surface area is 220 Å². The Hall–Kier alpha value is -4.44. The van der Waals surface area contributed by atoms with Gasteiger partial charge in [-0.25, -0.2) is 18.4 Å². The van der Waals surface area contributed by atoms with Crippen LogP contribution in [0.2, 0.25) is 0 Å². The molecule has 10 heteroatoms. The van der Waals surface area contributed by atoms with Crippen molar-refractivity contribution in [3.05, 3.63) is 82.9 Å². The maximum Gasteiger partial charge on any atom is 0.230 e. The number of aromatic nitrogens is 2. The monoisotopic (exact) mass is 533 g/mol. The van der Waals surface area contributed by atoms with Gasteiger partial charge in [0.05, 0.1) is 18.4 Å². The lowest BCUT2D eigenvalue weighted by atomic mass is 10.1. The Balaban J connectivity index is 1.79. The number of rotatable bonds is 8. The summed E-state index contributed by atoms with van der Waals surface area (Å²) in [7, 11) is -2.64. The number of phenols is 1. The van der Waals surface area contributed by atoms with Crippen LogP contribution in [0.3, 0.4) is 0 Å². The minimum absolute atomic E-state index is 0.0154. The summed E-state index contributed by atoms with van der Waals surface area (Å²) in [4.78, 5) is 21.7. The lowest BCUT2D eigenvalue weighted by Gasteiger charge is -2.16. The number of hydrogen-bond donors (Lipinski definition) is 2. The van der Waals surface area contributed by atoms with Crippen molar-refractivity contribution in [1.29, 1.82) is 0 Å². The Morgan fingerprint density at radius 2 is 1.68 bits per heavy atom. The van der Waals surface area contributed by atoms with Gasteiger partial charge in [-0.15, -0.1) is 0 Å². The fourth-order valence-electron chi connectivity index (χ4n) is 4.09. The van der Waals surface area contributed by atoms with Gasteiger partial charge in [-0.1, -0.05) is 23.8 Å². The van der Waals surface area contributed by atoms with Gasteiger partial charge in [0.2, 0.25) is 15.7 Å². The van der Waals surface area contributed by atoms with E-state index >= 15 is 0 Å². The Kier molecular flexibility index (Phi) is 7.36. The lowest BCUT2D eigenvalue weighted by Crippen LogP contribution is -2.19. The summed E-state index contributed by atoms with van der Waals surface area (Å²) >= 11 is 0.